The van der Waals surface area contributed by atoms with Crippen molar-refractivity contribution in [3.63, 3.8) is 0 Å². The number of hydrogen-bond acceptors (Lipinski definition) is 2. The first-order chi connectivity index (χ1) is 23.3. The van der Waals surface area contributed by atoms with Crippen LogP contribution < -0.4 is 0 Å². The van der Waals surface area contributed by atoms with Crippen molar-refractivity contribution in [2.45, 2.75) is 0 Å². The van der Waals surface area contributed by atoms with Crippen molar-refractivity contribution in [2.24, 2.45) is 0 Å². The molecular weight excluding hydrogens is 573 g/mol. The number of allylic oxidation sites excluding steroid dienone is 2. The Balaban J connectivity index is 1.19. The van der Waals surface area contributed by atoms with Crippen LogP contribution in [0.5, 0.6) is 0 Å². The van der Waals surface area contributed by atoms with E-state index in [1.165, 1.54) is 38.2 Å². The quantitative estimate of drug-likeness (QED) is 0.197. The number of benzene rings is 5. The molecule has 0 atom stereocenters. The lowest BCUT2D eigenvalue weighted by molar-refractivity contribution is 1.18. The van der Waals surface area contributed by atoms with E-state index >= 15 is 0 Å². The van der Waals surface area contributed by atoms with Gasteiger partial charge in [0.2, 0.25) is 0 Å². The van der Waals surface area contributed by atoms with Crippen molar-refractivity contribution in [2.75, 3.05) is 6.54 Å². The molecule has 0 saturated heterocycles. The summed E-state index contributed by atoms with van der Waals surface area (Å²) in [4.78, 5) is 9.53. The molecule has 5 aromatic carbocycles. The number of pyridine rings is 2. The molecule has 8 aromatic rings. The van der Waals surface area contributed by atoms with Gasteiger partial charge in [0, 0.05) is 33.6 Å². The van der Waals surface area contributed by atoms with Crippen molar-refractivity contribution in [3.8, 4) is 39.5 Å². The van der Waals surface area contributed by atoms with Crippen LogP contribution in [0.3, 0.4) is 0 Å². The summed E-state index contributed by atoms with van der Waals surface area (Å²) < 4.78 is 2.41. The van der Waals surface area contributed by atoms with Crippen molar-refractivity contribution >= 4 is 38.3 Å². The van der Waals surface area contributed by atoms with Gasteiger partial charge >= 0.3 is 0 Å². The van der Waals surface area contributed by atoms with Gasteiger partial charge < -0.3 is 9.88 Å². The van der Waals surface area contributed by atoms with E-state index in [4.69, 9.17) is 4.98 Å². The van der Waals surface area contributed by atoms with Gasteiger partial charge in [-0.3, -0.25) is 4.98 Å². The second kappa shape index (κ2) is 11.3. The lowest BCUT2D eigenvalue weighted by Gasteiger charge is -2.26. The number of fused-ring (bicyclic) bond motifs is 5. The van der Waals surface area contributed by atoms with Crippen LogP contribution >= 0.6 is 0 Å². The largest absolute Gasteiger partial charge is 0.681 e. The van der Waals surface area contributed by atoms with Crippen LogP contribution in [0.1, 0.15) is 5.56 Å². The third-order valence-electron chi connectivity index (χ3n) is 9.00. The van der Waals surface area contributed by atoms with Gasteiger partial charge in [0.15, 0.2) is 0 Å². The lowest BCUT2D eigenvalue weighted by Crippen LogP contribution is -1.95. The van der Waals surface area contributed by atoms with E-state index in [-0.39, 0.29) is 0 Å². The molecule has 0 fully saturated rings. The second-order valence-corrected chi connectivity index (χ2v) is 11.8. The van der Waals surface area contributed by atoms with Gasteiger partial charge in [0.05, 0.1) is 28.1 Å². The number of para-hydroxylation sites is 1. The fourth-order valence-electron chi connectivity index (χ4n) is 6.72. The fraction of sp³-hybridized carbons (Fsp3) is 0.0233. The Labute approximate surface area is 273 Å². The van der Waals surface area contributed by atoms with Crippen LogP contribution in [0.4, 0.5) is 0 Å². The second-order valence-electron chi connectivity index (χ2n) is 11.8. The molecular formula is C43H29N4-. The average Bonchev–Trinajstić information content (AvgIpc) is 3.50. The first-order valence-electron chi connectivity index (χ1n) is 15.9. The molecule has 0 bridgehead atoms. The van der Waals surface area contributed by atoms with E-state index in [1.54, 1.807) is 0 Å². The number of hydrogen-bond donors (Lipinski definition) is 0. The van der Waals surface area contributed by atoms with Gasteiger partial charge in [-0.2, -0.15) is 0 Å². The van der Waals surface area contributed by atoms with E-state index in [1.807, 2.05) is 30.5 Å². The maximum atomic E-state index is 5.01. The monoisotopic (exact) mass is 601 g/mol. The molecule has 0 amide bonds. The molecule has 9 rings (SSSR count). The third kappa shape index (κ3) is 4.79. The van der Waals surface area contributed by atoms with Gasteiger partial charge in [-0.1, -0.05) is 103 Å². The molecule has 0 radical (unpaired) electrons. The zero-order valence-electron chi connectivity index (χ0n) is 25.6. The van der Waals surface area contributed by atoms with Crippen LogP contribution in [-0.4, -0.2) is 21.1 Å². The molecule has 4 nitrogen and oxygen atoms in total. The van der Waals surface area contributed by atoms with E-state index < -0.39 is 0 Å². The Morgan fingerprint density at radius 3 is 2.13 bits per heavy atom. The van der Waals surface area contributed by atoms with Crippen LogP contribution in [0.2, 0.25) is 0 Å². The van der Waals surface area contributed by atoms with Gasteiger partial charge in [0.25, 0.3) is 0 Å². The SMILES string of the molecule is C1=CC[N-]C(c2ccc(-c3ccc4c(ccc5c6ccc(-c7cccc(-c8ccccn8)n7)cc6n(-c6ccccc6)c45)c3)cc2)=C1. The molecule has 4 heterocycles. The molecule has 0 N–H and O–H groups in total. The highest BCUT2D eigenvalue weighted by molar-refractivity contribution is 6.19. The summed E-state index contributed by atoms with van der Waals surface area (Å²) >= 11 is 0. The first kappa shape index (κ1) is 27.1. The topological polar surface area (TPSA) is 44.8 Å². The Bertz CT molecular complexity index is 2490. The molecule has 47 heavy (non-hydrogen) atoms. The molecule has 0 spiro atoms. The Morgan fingerprint density at radius 1 is 0.553 bits per heavy atom. The van der Waals surface area contributed by atoms with E-state index in [2.05, 4.69) is 148 Å². The Morgan fingerprint density at radius 2 is 1.30 bits per heavy atom. The Kier molecular flexibility index (Phi) is 6.50. The molecule has 0 unspecified atom stereocenters. The van der Waals surface area contributed by atoms with Crippen molar-refractivity contribution in [1.29, 1.82) is 0 Å². The highest BCUT2D eigenvalue weighted by atomic mass is 15.0. The van der Waals surface area contributed by atoms with E-state index in [0.717, 1.165) is 51.7 Å². The predicted molar refractivity (Wildman–Crippen MR) is 196 cm³/mol. The van der Waals surface area contributed by atoms with Crippen molar-refractivity contribution in [3.05, 3.63) is 175 Å². The van der Waals surface area contributed by atoms with E-state index in [0.29, 0.717) is 0 Å². The van der Waals surface area contributed by atoms with Crippen molar-refractivity contribution in [1.82, 2.24) is 14.5 Å². The van der Waals surface area contributed by atoms with Crippen molar-refractivity contribution < 1.29 is 0 Å². The minimum absolute atomic E-state index is 0.740. The summed E-state index contributed by atoms with van der Waals surface area (Å²) in [5, 5.41) is 9.50. The summed E-state index contributed by atoms with van der Waals surface area (Å²) in [5.74, 6) is 0. The van der Waals surface area contributed by atoms with Gasteiger partial charge in [-0.05, 0) is 70.6 Å². The summed E-state index contributed by atoms with van der Waals surface area (Å²) in [7, 11) is 0. The standard InChI is InChI=1S/C43H29N4/c1-2-9-34(10-3-1)47-42-28-33(39-13-8-14-41(46-39)40-12-5-7-26-45-40)21-23-36(42)37-24-20-32-27-31(19-22-35(32)43(37)47)29-15-17-30(18-16-29)38-11-4-6-25-44-38/h1-24,26-28H,25H2/q-1. The minimum Gasteiger partial charge on any atom is -0.681 e. The van der Waals surface area contributed by atoms with Gasteiger partial charge in [-0.15, -0.1) is 18.3 Å². The molecule has 1 aliphatic rings. The van der Waals surface area contributed by atoms with Gasteiger partial charge in [-0.25, -0.2) is 4.98 Å². The van der Waals surface area contributed by atoms with Crippen LogP contribution in [0.15, 0.2) is 164 Å². The number of nitrogens with zero attached hydrogens (tertiary/aromatic N) is 4. The van der Waals surface area contributed by atoms with Crippen LogP contribution in [0.25, 0.3) is 83.1 Å². The Hall–Kier alpha value is -6.26. The fourth-order valence-corrected chi connectivity index (χ4v) is 6.72. The molecule has 0 aliphatic carbocycles. The van der Waals surface area contributed by atoms with Crippen LogP contribution in [0, 0.1) is 0 Å². The molecule has 3 aromatic heterocycles. The molecule has 0 saturated carbocycles. The van der Waals surface area contributed by atoms with Crippen LogP contribution in [-0.2, 0) is 0 Å². The summed E-state index contributed by atoms with van der Waals surface area (Å²) in [6.07, 6.45) is 8.03. The molecule has 222 valence electrons. The number of rotatable bonds is 5. The number of aromatic nitrogens is 3. The van der Waals surface area contributed by atoms with E-state index in [9.17, 15) is 0 Å². The summed E-state index contributed by atoms with van der Waals surface area (Å²) in [5.41, 5.74) is 11.8. The lowest BCUT2D eigenvalue weighted by atomic mass is 9.98. The maximum absolute atomic E-state index is 5.01. The highest BCUT2D eigenvalue weighted by Gasteiger charge is 2.17. The molecule has 1 aliphatic heterocycles. The zero-order valence-corrected chi connectivity index (χ0v) is 25.6. The highest BCUT2D eigenvalue weighted by Crippen LogP contribution is 2.39. The minimum atomic E-state index is 0.740. The predicted octanol–water partition coefficient (Wildman–Crippen LogP) is 11.0. The average molecular weight is 602 g/mol. The summed E-state index contributed by atoms with van der Waals surface area (Å²) in [6.45, 7) is 0.740. The maximum Gasteiger partial charge on any atom is 0.0893 e. The summed E-state index contributed by atoms with van der Waals surface area (Å²) in [6, 6.07) is 49.5. The smallest absolute Gasteiger partial charge is 0.0893 e. The molecule has 4 heteroatoms. The zero-order chi connectivity index (χ0) is 31.2. The van der Waals surface area contributed by atoms with Gasteiger partial charge in [0.1, 0.15) is 0 Å². The third-order valence-corrected chi connectivity index (χ3v) is 9.00. The first-order valence-corrected chi connectivity index (χ1v) is 15.9. The normalized spacial score (nSPS) is 12.8.